The van der Waals surface area contributed by atoms with Crippen molar-refractivity contribution in [1.29, 1.82) is 0 Å². The smallest absolute Gasteiger partial charge is 0.315 e. The summed E-state index contributed by atoms with van der Waals surface area (Å²) in [6.07, 6.45) is -2.62. The number of benzene rings is 1. The van der Waals surface area contributed by atoms with Gasteiger partial charge >= 0.3 is 6.18 Å². The summed E-state index contributed by atoms with van der Waals surface area (Å²) in [7, 11) is 0. The number of thioether (sulfide) groups is 1. The summed E-state index contributed by atoms with van der Waals surface area (Å²) in [6, 6.07) is 4.10. The second-order valence-corrected chi connectivity index (χ2v) is 6.83. The van der Waals surface area contributed by atoms with E-state index < -0.39 is 53.2 Å². The Bertz CT molecular complexity index is 841. The number of aliphatic imine (C=N–C) groups is 1. The molecule has 1 aromatic carbocycles. The maximum absolute atomic E-state index is 15.1. The van der Waals surface area contributed by atoms with E-state index in [-0.39, 0.29) is 4.90 Å². The molecule has 0 aliphatic carbocycles. The maximum atomic E-state index is 15.1. The number of nitrogens with one attached hydrogen (secondary N) is 1. The number of alkyl halides is 5. The van der Waals surface area contributed by atoms with Crippen molar-refractivity contribution in [3.63, 3.8) is 0 Å². The largest absolute Gasteiger partial charge is 0.398 e. The SMILES string of the molecule is NNC=NCC(c1ccc(F)cc1F)C(F)(F)c1ccc(SCC(F)(F)F)cn1. The van der Waals surface area contributed by atoms with Crippen LogP contribution in [0.3, 0.4) is 0 Å². The Morgan fingerprint density at radius 2 is 1.86 bits per heavy atom. The Morgan fingerprint density at radius 1 is 1.14 bits per heavy atom. The predicted octanol–water partition coefficient (Wildman–Crippen LogP) is 4.38. The lowest BCUT2D eigenvalue weighted by Gasteiger charge is -2.26. The molecule has 0 aliphatic heterocycles. The lowest BCUT2D eigenvalue weighted by atomic mass is 9.89. The van der Waals surface area contributed by atoms with Gasteiger partial charge in [-0.3, -0.25) is 9.98 Å². The van der Waals surface area contributed by atoms with E-state index in [1.54, 1.807) is 0 Å². The molecular formula is C17H15F7N4S. The molecule has 0 bridgehead atoms. The Balaban J connectivity index is 2.34. The van der Waals surface area contributed by atoms with Crippen LogP contribution in [0.4, 0.5) is 30.7 Å². The van der Waals surface area contributed by atoms with Gasteiger partial charge in [0.25, 0.3) is 5.92 Å². The summed E-state index contributed by atoms with van der Waals surface area (Å²) in [5.41, 5.74) is 0.732. The van der Waals surface area contributed by atoms with E-state index in [1.165, 1.54) is 0 Å². The van der Waals surface area contributed by atoms with Crippen LogP contribution in [0.2, 0.25) is 0 Å². The molecule has 1 unspecified atom stereocenters. The molecule has 1 atom stereocenters. The van der Waals surface area contributed by atoms with Crippen LogP contribution in [0.15, 0.2) is 46.4 Å². The maximum Gasteiger partial charge on any atom is 0.398 e. The van der Waals surface area contributed by atoms with Gasteiger partial charge in [0.2, 0.25) is 0 Å². The summed E-state index contributed by atoms with van der Waals surface area (Å²) in [4.78, 5) is 7.22. The van der Waals surface area contributed by atoms with E-state index in [9.17, 15) is 22.0 Å². The minimum Gasteiger partial charge on any atom is -0.315 e. The lowest BCUT2D eigenvalue weighted by molar-refractivity contribution is -0.105. The number of hydrazine groups is 1. The van der Waals surface area contributed by atoms with Crippen LogP contribution in [-0.2, 0) is 5.92 Å². The average Bonchev–Trinajstić information content (AvgIpc) is 2.64. The molecule has 0 fully saturated rings. The van der Waals surface area contributed by atoms with Gasteiger partial charge in [0.15, 0.2) is 0 Å². The van der Waals surface area contributed by atoms with E-state index in [0.29, 0.717) is 17.8 Å². The third-order valence-corrected chi connectivity index (χ3v) is 4.76. The summed E-state index contributed by atoms with van der Waals surface area (Å²) in [5, 5.41) is 0. The molecule has 1 aromatic heterocycles. The number of pyridine rings is 1. The van der Waals surface area contributed by atoms with Gasteiger partial charge in [-0.15, -0.1) is 11.8 Å². The highest BCUT2D eigenvalue weighted by Gasteiger charge is 2.44. The summed E-state index contributed by atoms with van der Waals surface area (Å²) >= 11 is 0.393. The molecule has 0 aliphatic rings. The molecule has 158 valence electrons. The van der Waals surface area contributed by atoms with Crippen LogP contribution < -0.4 is 11.3 Å². The van der Waals surface area contributed by atoms with Crippen LogP contribution in [0.5, 0.6) is 0 Å². The Kier molecular flexibility index (Phi) is 7.47. The molecule has 4 nitrogen and oxygen atoms in total. The van der Waals surface area contributed by atoms with Crippen LogP contribution in [0, 0.1) is 11.6 Å². The topological polar surface area (TPSA) is 63.3 Å². The second kappa shape index (κ2) is 9.44. The summed E-state index contributed by atoms with van der Waals surface area (Å²) in [6.45, 7) is -0.619. The molecule has 0 spiro atoms. The zero-order valence-corrected chi connectivity index (χ0v) is 15.4. The first-order chi connectivity index (χ1) is 13.5. The zero-order chi connectivity index (χ0) is 21.7. The van der Waals surface area contributed by atoms with Crippen LogP contribution in [-0.4, -0.2) is 29.8 Å². The van der Waals surface area contributed by atoms with Crippen LogP contribution >= 0.6 is 11.8 Å². The molecule has 2 aromatic rings. The molecule has 0 saturated heterocycles. The van der Waals surface area contributed by atoms with Crippen molar-refractivity contribution in [3.05, 3.63) is 59.4 Å². The molecule has 29 heavy (non-hydrogen) atoms. The van der Waals surface area contributed by atoms with Gasteiger partial charge in [-0.1, -0.05) is 6.07 Å². The fraction of sp³-hybridized carbons (Fsp3) is 0.294. The number of halogens is 7. The highest BCUT2D eigenvalue weighted by atomic mass is 32.2. The fourth-order valence-corrected chi connectivity index (χ4v) is 3.03. The van der Waals surface area contributed by atoms with Gasteiger partial charge in [0, 0.05) is 17.2 Å². The average molecular weight is 440 g/mol. The molecule has 0 radical (unpaired) electrons. The van der Waals surface area contributed by atoms with E-state index in [1.807, 2.05) is 5.43 Å². The second-order valence-electron chi connectivity index (χ2n) is 5.79. The molecule has 1 heterocycles. The minimum absolute atomic E-state index is 0.0386. The first-order valence-electron chi connectivity index (χ1n) is 7.98. The first kappa shape index (κ1) is 22.9. The van der Waals surface area contributed by atoms with E-state index in [0.717, 1.165) is 36.8 Å². The van der Waals surface area contributed by atoms with Crippen molar-refractivity contribution in [1.82, 2.24) is 10.4 Å². The highest BCUT2D eigenvalue weighted by Crippen LogP contribution is 2.43. The number of hydrogen-bond acceptors (Lipinski definition) is 4. The first-order valence-corrected chi connectivity index (χ1v) is 8.96. The van der Waals surface area contributed by atoms with Crippen molar-refractivity contribution in [3.8, 4) is 0 Å². The van der Waals surface area contributed by atoms with Crippen LogP contribution in [0.1, 0.15) is 17.2 Å². The number of rotatable bonds is 8. The van der Waals surface area contributed by atoms with Gasteiger partial charge in [-0.05, 0) is 23.8 Å². The van der Waals surface area contributed by atoms with E-state index >= 15 is 8.78 Å². The van der Waals surface area contributed by atoms with E-state index in [4.69, 9.17) is 5.84 Å². The van der Waals surface area contributed by atoms with Crippen molar-refractivity contribution in [2.24, 2.45) is 10.8 Å². The summed E-state index contributed by atoms with van der Waals surface area (Å²) in [5.74, 6) is -3.97. The van der Waals surface area contributed by atoms with Gasteiger partial charge in [0.1, 0.15) is 17.3 Å². The van der Waals surface area contributed by atoms with Gasteiger partial charge < -0.3 is 5.43 Å². The van der Waals surface area contributed by atoms with Crippen molar-refractivity contribution >= 4 is 18.1 Å². The molecule has 12 heteroatoms. The van der Waals surface area contributed by atoms with Gasteiger partial charge in [-0.25, -0.2) is 14.6 Å². The molecule has 0 amide bonds. The number of nitrogens with two attached hydrogens (primary N) is 1. The normalized spacial score (nSPS) is 13.7. The molecule has 3 N–H and O–H groups in total. The van der Waals surface area contributed by atoms with Gasteiger partial charge in [0.05, 0.1) is 24.6 Å². The number of hydrogen-bond donors (Lipinski definition) is 2. The Labute approximate surface area is 165 Å². The van der Waals surface area contributed by atoms with E-state index in [2.05, 4.69) is 9.98 Å². The number of nitrogens with zero attached hydrogens (tertiary/aromatic N) is 2. The molecular weight excluding hydrogens is 425 g/mol. The standard InChI is InChI=1S/C17H15F7N4S/c18-10-1-3-12(14(19)5-10)13(7-26-9-28-25)17(23,24)15-4-2-11(6-27-15)29-8-16(20,21)22/h1-6,9,13H,7-8,25H2,(H,26,28). The quantitative estimate of drug-likeness (QED) is 0.160. The zero-order valence-electron chi connectivity index (χ0n) is 14.6. The monoisotopic (exact) mass is 440 g/mol. The fourth-order valence-electron chi connectivity index (χ4n) is 2.41. The molecule has 2 rings (SSSR count). The number of aromatic nitrogens is 1. The van der Waals surface area contributed by atoms with Crippen LogP contribution in [0.25, 0.3) is 0 Å². The van der Waals surface area contributed by atoms with Crippen molar-refractivity contribution < 1.29 is 30.7 Å². The van der Waals surface area contributed by atoms with Crippen molar-refractivity contribution in [2.45, 2.75) is 22.9 Å². The third-order valence-electron chi connectivity index (χ3n) is 3.71. The highest BCUT2D eigenvalue weighted by molar-refractivity contribution is 7.99. The van der Waals surface area contributed by atoms with Crippen molar-refractivity contribution in [2.75, 3.05) is 12.3 Å². The van der Waals surface area contributed by atoms with Gasteiger partial charge in [-0.2, -0.15) is 22.0 Å². The Morgan fingerprint density at radius 3 is 2.41 bits per heavy atom. The third kappa shape index (κ3) is 6.32. The summed E-state index contributed by atoms with van der Waals surface area (Å²) < 4.78 is 94.3. The Hall–Kier alpha value is -2.34. The minimum atomic E-state index is -4.42. The molecule has 0 saturated carbocycles. The predicted molar refractivity (Wildman–Crippen MR) is 94.7 cm³/mol. The lowest BCUT2D eigenvalue weighted by Crippen LogP contribution is -2.29.